The third-order valence-electron chi connectivity index (χ3n) is 3.74. The van der Waals surface area contributed by atoms with Gasteiger partial charge in [0, 0.05) is 20.0 Å². The highest BCUT2D eigenvalue weighted by Crippen LogP contribution is 2.30. The summed E-state index contributed by atoms with van der Waals surface area (Å²) in [5.74, 6) is -0.888. The fourth-order valence-corrected chi connectivity index (χ4v) is 3.08. The molecule has 12 heteroatoms. The van der Waals surface area contributed by atoms with Crippen LogP contribution in [0.15, 0.2) is 0 Å². The maximum absolute atomic E-state index is 12.3. The number of amides is 4. The molecule has 4 amide bonds. The predicted octanol–water partition coefficient (Wildman–Crippen LogP) is -1.11. The molecule has 0 saturated carbocycles. The van der Waals surface area contributed by atoms with E-state index >= 15 is 0 Å². The second-order valence-corrected chi connectivity index (χ2v) is 6.25. The Labute approximate surface area is 133 Å². The highest BCUT2D eigenvalue weighted by Gasteiger charge is 2.49. The maximum Gasteiger partial charge on any atom is 0.418 e. The first-order valence-electron chi connectivity index (χ1n) is 6.99. The van der Waals surface area contributed by atoms with Crippen LogP contribution in [0.4, 0.5) is 4.79 Å². The van der Waals surface area contributed by atoms with Crippen molar-refractivity contribution in [3.63, 3.8) is 0 Å². The van der Waals surface area contributed by atoms with E-state index in [1.165, 1.54) is 6.92 Å². The molecule has 0 aromatic rings. The molecule has 0 radical (unpaired) electrons. The number of urea groups is 1. The quantitative estimate of drug-likeness (QED) is 0.484. The summed E-state index contributed by atoms with van der Waals surface area (Å²) in [6, 6.07) is -2.23. The summed E-state index contributed by atoms with van der Waals surface area (Å²) in [4.78, 5) is 36.9. The summed E-state index contributed by atoms with van der Waals surface area (Å²) in [5, 5.41) is 1.67. The smallest absolute Gasteiger partial charge is 0.309 e. The zero-order valence-electron chi connectivity index (χ0n) is 12.6. The number of nitrogens with zero attached hydrogens (tertiary/aromatic N) is 3. The standard InChI is InChI=1S/C11H18N4O7S/c1-3-14(7(2)16)12-10(17)9-5-4-8-6-13(9)11(18)15(8)22-23(19,20)21/h8-9H,3-6H2,1-2H3,(H,12,17)(H,19,20,21)/t8-,9+/m1/s1. The minimum absolute atomic E-state index is 0.0959. The number of fused-ring (bicyclic) bond motifs is 2. The summed E-state index contributed by atoms with van der Waals surface area (Å²) in [7, 11) is -4.83. The number of carbonyl (C=O) groups excluding carboxylic acids is 3. The van der Waals surface area contributed by atoms with Crippen LogP contribution in [0.2, 0.25) is 0 Å². The lowest BCUT2D eigenvalue weighted by Gasteiger charge is -2.31. The van der Waals surface area contributed by atoms with Crippen LogP contribution in [0.3, 0.4) is 0 Å². The largest absolute Gasteiger partial charge is 0.418 e. The molecule has 23 heavy (non-hydrogen) atoms. The van der Waals surface area contributed by atoms with Crippen LogP contribution >= 0.6 is 0 Å². The molecular weight excluding hydrogens is 332 g/mol. The van der Waals surface area contributed by atoms with Crippen molar-refractivity contribution < 1.29 is 31.6 Å². The fourth-order valence-electron chi connectivity index (χ4n) is 2.69. The molecule has 2 N–H and O–H groups in total. The molecule has 2 fully saturated rings. The van der Waals surface area contributed by atoms with Crippen LogP contribution in [0.1, 0.15) is 26.7 Å². The topological polar surface area (TPSA) is 137 Å². The van der Waals surface area contributed by atoms with Crippen LogP contribution in [0.25, 0.3) is 0 Å². The van der Waals surface area contributed by atoms with Crippen LogP contribution < -0.4 is 5.43 Å². The van der Waals surface area contributed by atoms with Gasteiger partial charge in [0.15, 0.2) is 0 Å². The normalized spacial score (nSPS) is 23.9. The van der Waals surface area contributed by atoms with Gasteiger partial charge >= 0.3 is 16.4 Å². The lowest BCUT2D eigenvalue weighted by atomic mass is 10.0. The zero-order chi connectivity index (χ0) is 17.4. The predicted molar refractivity (Wildman–Crippen MR) is 74.6 cm³/mol. The minimum atomic E-state index is -4.83. The lowest BCUT2D eigenvalue weighted by Crippen LogP contribution is -2.55. The first-order chi connectivity index (χ1) is 10.6. The Morgan fingerprint density at radius 3 is 2.61 bits per heavy atom. The molecule has 0 aliphatic carbocycles. The van der Waals surface area contributed by atoms with Crippen molar-refractivity contribution in [3.8, 4) is 0 Å². The number of hydrazine groups is 1. The average molecular weight is 350 g/mol. The summed E-state index contributed by atoms with van der Waals surface area (Å²) >= 11 is 0. The van der Waals surface area contributed by atoms with E-state index in [0.29, 0.717) is 11.5 Å². The van der Waals surface area contributed by atoms with Gasteiger partial charge in [0.05, 0.1) is 6.04 Å². The number of carbonyl (C=O) groups is 3. The van der Waals surface area contributed by atoms with Gasteiger partial charge in [-0.15, -0.1) is 4.28 Å². The second kappa shape index (κ2) is 6.29. The fraction of sp³-hybridized carbons (Fsp3) is 0.727. The van der Waals surface area contributed by atoms with Crippen molar-refractivity contribution in [2.45, 2.75) is 38.8 Å². The zero-order valence-corrected chi connectivity index (χ0v) is 13.4. The van der Waals surface area contributed by atoms with Crippen molar-refractivity contribution in [1.82, 2.24) is 20.4 Å². The highest BCUT2D eigenvalue weighted by atomic mass is 32.3. The number of hydrogen-bond donors (Lipinski definition) is 2. The van der Waals surface area contributed by atoms with E-state index in [1.807, 2.05) is 0 Å². The number of hydrogen-bond acceptors (Lipinski definition) is 6. The van der Waals surface area contributed by atoms with Crippen molar-refractivity contribution in [3.05, 3.63) is 0 Å². The van der Waals surface area contributed by atoms with E-state index in [4.69, 9.17) is 4.55 Å². The van der Waals surface area contributed by atoms with Gasteiger partial charge in [-0.3, -0.25) is 24.6 Å². The van der Waals surface area contributed by atoms with E-state index in [1.54, 1.807) is 6.92 Å². The lowest BCUT2D eigenvalue weighted by molar-refractivity contribution is -0.142. The number of hydroxylamine groups is 2. The Bertz CT molecular complexity index is 622. The SMILES string of the molecule is CCN(NC(=O)[C@@H]1CC[C@@H]2CN1C(=O)N2OS(=O)(=O)O)C(C)=O. The van der Waals surface area contributed by atoms with Gasteiger partial charge in [0.25, 0.3) is 5.91 Å². The van der Waals surface area contributed by atoms with E-state index in [-0.39, 0.29) is 25.4 Å². The number of nitrogens with one attached hydrogen (secondary N) is 1. The minimum Gasteiger partial charge on any atom is -0.309 e. The second-order valence-electron chi connectivity index (χ2n) is 5.25. The van der Waals surface area contributed by atoms with Crippen molar-refractivity contribution in [2.24, 2.45) is 0 Å². The summed E-state index contributed by atoms with van der Waals surface area (Å²) in [6.45, 7) is 3.34. The van der Waals surface area contributed by atoms with Crippen LogP contribution in [0.5, 0.6) is 0 Å². The van der Waals surface area contributed by atoms with Gasteiger partial charge in [-0.2, -0.15) is 13.5 Å². The molecule has 2 heterocycles. The molecule has 2 atom stereocenters. The Hall–Kier alpha value is -1.92. The molecule has 11 nitrogen and oxygen atoms in total. The summed E-state index contributed by atoms with van der Waals surface area (Å²) in [6.07, 6.45) is 0.602. The van der Waals surface area contributed by atoms with E-state index in [9.17, 15) is 22.8 Å². The number of rotatable bonds is 4. The Morgan fingerprint density at radius 2 is 2.09 bits per heavy atom. The van der Waals surface area contributed by atoms with Gasteiger partial charge in [-0.25, -0.2) is 4.79 Å². The van der Waals surface area contributed by atoms with E-state index in [2.05, 4.69) is 9.71 Å². The molecule has 2 bridgehead atoms. The van der Waals surface area contributed by atoms with Gasteiger partial charge in [0.1, 0.15) is 6.04 Å². The Morgan fingerprint density at radius 1 is 1.43 bits per heavy atom. The van der Waals surface area contributed by atoms with E-state index < -0.39 is 34.4 Å². The maximum atomic E-state index is 12.3. The molecule has 2 aliphatic rings. The first kappa shape index (κ1) is 17.4. The molecule has 2 saturated heterocycles. The average Bonchev–Trinajstić information content (AvgIpc) is 2.68. The Balaban J connectivity index is 2.09. The third kappa shape index (κ3) is 3.71. The molecular formula is C11H18N4O7S. The van der Waals surface area contributed by atoms with Gasteiger partial charge in [-0.1, -0.05) is 0 Å². The Kier molecular flexibility index (Phi) is 4.77. The van der Waals surface area contributed by atoms with Crippen molar-refractivity contribution >= 4 is 28.2 Å². The molecule has 2 rings (SSSR count). The van der Waals surface area contributed by atoms with Crippen LogP contribution in [-0.4, -0.2) is 71.0 Å². The first-order valence-corrected chi connectivity index (χ1v) is 8.36. The van der Waals surface area contributed by atoms with Crippen LogP contribution in [-0.2, 0) is 24.3 Å². The van der Waals surface area contributed by atoms with E-state index in [0.717, 1.165) is 9.91 Å². The molecule has 0 aromatic heterocycles. The summed E-state index contributed by atoms with van der Waals surface area (Å²) in [5.41, 5.74) is 2.43. The highest BCUT2D eigenvalue weighted by molar-refractivity contribution is 7.80. The summed E-state index contributed by atoms with van der Waals surface area (Å²) < 4.78 is 34.6. The third-order valence-corrected chi connectivity index (χ3v) is 4.09. The molecule has 0 spiro atoms. The van der Waals surface area contributed by atoms with Crippen molar-refractivity contribution in [2.75, 3.05) is 13.1 Å². The molecule has 2 aliphatic heterocycles. The van der Waals surface area contributed by atoms with Gasteiger partial charge in [-0.05, 0) is 19.8 Å². The molecule has 130 valence electrons. The molecule has 0 aromatic carbocycles. The van der Waals surface area contributed by atoms with Crippen molar-refractivity contribution in [1.29, 1.82) is 0 Å². The van der Waals surface area contributed by atoms with Gasteiger partial charge in [0.2, 0.25) is 5.91 Å². The number of piperidine rings is 1. The van der Waals surface area contributed by atoms with Crippen LogP contribution in [0, 0.1) is 0 Å². The molecule has 0 unspecified atom stereocenters. The monoisotopic (exact) mass is 350 g/mol. The van der Waals surface area contributed by atoms with Gasteiger partial charge < -0.3 is 4.90 Å².